The molecule has 0 unspecified atom stereocenters. The van der Waals surface area contributed by atoms with Gasteiger partial charge in [0.05, 0.1) is 11.3 Å². The number of aromatic nitrogens is 6. The summed E-state index contributed by atoms with van der Waals surface area (Å²) < 4.78 is 37.8. The molecular weight excluding hydrogens is 821 g/mol. The van der Waals surface area contributed by atoms with Gasteiger partial charge in [-0.15, -0.1) is 54.1 Å². The number of aryl methyl sites for hydroxylation is 1. The van der Waals surface area contributed by atoms with E-state index < -0.39 is 12.7 Å². The molecule has 52 heavy (non-hydrogen) atoms. The van der Waals surface area contributed by atoms with Gasteiger partial charge in [0, 0.05) is 66.2 Å². The molecular formula is C44H44IrN6O-2. The Labute approximate surface area is 325 Å². The Hall–Kier alpha value is -4.65. The normalized spacial score (nSPS) is 15.5. The predicted molar refractivity (Wildman–Crippen MR) is 204 cm³/mol. The number of pyridine rings is 3. The van der Waals surface area contributed by atoms with E-state index >= 15 is 0 Å². The van der Waals surface area contributed by atoms with Crippen molar-refractivity contribution in [2.24, 2.45) is 0 Å². The van der Waals surface area contributed by atoms with Crippen molar-refractivity contribution in [3.8, 4) is 34.0 Å². The zero-order chi connectivity index (χ0) is 39.2. The Morgan fingerprint density at radius 1 is 0.769 bits per heavy atom. The van der Waals surface area contributed by atoms with Gasteiger partial charge in [-0.3, -0.25) is 0 Å². The summed E-state index contributed by atoms with van der Waals surface area (Å²) in [5.74, 6) is 1.15. The first-order valence-electron chi connectivity index (χ1n) is 19.4. The van der Waals surface area contributed by atoms with Gasteiger partial charge in [-0.05, 0) is 42.7 Å². The smallest absolute Gasteiger partial charge is 0.181 e. The molecule has 1 saturated carbocycles. The quantitative estimate of drug-likeness (QED) is 0.163. The minimum absolute atomic E-state index is 0. The maximum Gasteiger partial charge on any atom is 0.181 e. The fraction of sp³-hybridized carbons (Fsp3) is 0.318. The third kappa shape index (κ3) is 7.89. The zero-order valence-corrected chi connectivity index (χ0v) is 32.7. The molecule has 1 aliphatic rings. The molecule has 7 nitrogen and oxygen atoms in total. The fourth-order valence-electron chi connectivity index (χ4n) is 6.14. The second kappa shape index (κ2) is 15.1. The minimum atomic E-state index is -2.09. The molecule has 2 aromatic carbocycles. The van der Waals surface area contributed by atoms with Crippen LogP contribution >= 0.6 is 0 Å². The van der Waals surface area contributed by atoms with Crippen LogP contribution < -0.4 is 0 Å². The molecule has 0 saturated heterocycles. The van der Waals surface area contributed by atoms with E-state index in [1.807, 2.05) is 54.6 Å². The standard InChI is InChI=1S/C32H34N5O.C12H10N.Ir/c1-31(2,3)29-35-28(36-30(37-29)32(4,5)6)23-18-24-25(26(34-23)19-12-7-8-13-19)21-15-11-14-20(27(21)38-24)22-16-9-10-17-33-22;1-10-7-8-12(13-9-10)11-5-3-2-4-6-11;/h9-11,15-19H,7-8,12-13H2,1-6H3;2-5,7-9H,1H3;/q2*-1;/i19D;1D3;. The Kier molecular flexibility index (Phi) is 9.33. The van der Waals surface area contributed by atoms with Gasteiger partial charge >= 0.3 is 0 Å². The summed E-state index contributed by atoms with van der Waals surface area (Å²) in [4.78, 5) is 28.5. The molecule has 1 aliphatic carbocycles. The summed E-state index contributed by atoms with van der Waals surface area (Å²) in [6.07, 6.45) is 6.70. The van der Waals surface area contributed by atoms with Crippen LogP contribution in [0, 0.1) is 19.0 Å². The van der Waals surface area contributed by atoms with Crippen molar-refractivity contribution in [2.75, 3.05) is 0 Å². The van der Waals surface area contributed by atoms with Gasteiger partial charge in [-0.25, -0.2) is 19.9 Å². The SMILES string of the molecule is [2H]C([2H])([2H])c1ccc(-c2[c-]cccc2)nc1.[2H]C1(c2nc(-c3nc(C(C)(C)C)nc(C(C)(C)C)n3)cc3oc4c(-c5ccccn5)[c-]ccc4c23)CCCC1.[Ir]. The molecule has 267 valence electrons. The Balaban J connectivity index is 0.000000263. The maximum atomic E-state index is 9.50. The van der Waals surface area contributed by atoms with Crippen molar-refractivity contribution >= 4 is 21.9 Å². The largest absolute Gasteiger partial charge is 0.500 e. The van der Waals surface area contributed by atoms with E-state index in [4.69, 9.17) is 28.5 Å². The fourth-order valence-corrected chi connectivity index (χ4v) is 6.14. The van der Waals surface area contributed by atoms with E-state index in [0.29, 0.717) is 22.7 Å². The van der Waals surface area contributed by atoms with Crippen LogP contribution in [0.3, 0.4) is 0 Å². The molecule has 1 fully saturated rings. The van der Waals surface area contributed by atoms with Crippen LogP contribution in [0.2, 0.25) is 0 Å². The average molecular weight is 869 g/mol. The van der Waals surface area contributed by atoms with Crippen molar-refractivity contribution in [3.05, 3.63) is 120 Å². The van der Waals surface area contributed by atoms with Gasteiger partial charge in [0.25, 0.3) is 0 Å². The van der Waals surface area contributed by atoms with Crippen molar-refractivity contribution in [3.63, 3.8) is 0 Å². The summed E-state index contributed by atoms with van der Waals surface area (Å²) in [7, 11) is 0. The summed E-state index contributed by atoms with van der Waals surface area (Å²) in [5, 5.41) is 1.82. The van der Waals surface area contributed by atoms with Crippen LogP contribution in [0.4, 0.5) is 0 Å². The summed E-state index contributed by atoms with van der Waals surface area (Å²) in [5.41, 5.74) is 5.63. The molecule has 0 amide bonds. The summed E-state index contributed by atoms with van der Waals surface area (Å²) in [6.45, 7) is 10.5. The van der Waals surface area contributed by atoms with E-state index in [9.17, 15) is 1.37 Å². The first kappa shape index (κ1) is 32.0. The minimum Gasteiger partial charge on any atom is -0.500 e. The van der Waals surface area contributed by atoms with E-state index in [1.54, 1.807) is 24.4 Å². The van der Waals surface area contributed by atoms with Gasteiger partial charge in [-0.1, -0.05) is 89.6 Å². The number of hydrogen-bond acceptors (Lipinski definition) is 7. The van der Waals surface area contributed by atoms with Crippen molar-refractivity contribution in [1.29, 1.82) is 0 Å². The molecule has 0 atom stereocenters. The summed E-state index contributed by atoms with van der Waals surface area (Å²) >= 11 is 0. The predicted octanol–water partition coefficient (Wildman–Crippen LogP) is 10.8. The number of furan rings is 1. The first-order chi connectivity index (χ1) is 26.0. The number of nitrogens with zero attached hydrogens (tertiary/aromatic N) is 6. The van der Waals surface area contributed by atoms with Crippen molar-refractivity contribution in [1.82, 2.24) is 29.9 Å². The Morgan fingerprint density at radius 3 is 2.13 bits per heavy atom. The molecule has 0 spiro atoms. The monoisotopic (exact) mass is 869 g/mol. The maximum absolute atomic E-state index is 9.50. The van der Waals surface area contributed by atoms with Crippen LogP contribution in [0.5, 0.6) is 0 Å². The van der Waals surface area contributed by atoms with Crippen LogP contribution in [-0.4, -0.2) is 29.9 Å². The van der Waals surface area contributed by atoms with Gasteiger partial charge < -0.3 is 14.4 Å². The van der Waals surface area contributed by atoms with Crippen LogP contribution in [-0.2, 0) is 30.9 Å². The van der Waals surface area contributed by atoms with Gasteiger partial charge in [0.15, 0.2) is 5.82 Å². The Bertz CT molecular complexity index is 2420. The van der Waals surface area contributed by atoms with E-state index in [2.05, 4.69) is 63.6 Å². The van der Waals surface area contributed by atoms with Crippen molar-refractivity contribution in [2.45, 2.75) is 90.8 Å². The molecule has 0 aliphatic heterocycles. The Morgan fingerprint density at radius 2 is 1.52 bits per heavy atom. The molecule has 7 aromatic rings. The second-order valence-electron chi connectivity index (χ2n) is 15.0. The molecule has 1 radical (unpaired) electrons. The van der Waals surface area contributed by atoms with Gasteiger partial charge in [0.2, 0.25) is 0 Å². The van der Waals surface area contributed by atoms with E-state index in [1.165, 1.54) is 6.20 Å². The van der Waals surface area contributed by atoms with Gasteiger partial charge in [-0.2, -0.15) is 0 Å². The molecule has 8 heteroatoms. The molecule has 0 N–H and O–H groups in total. The topological polar surface area (TPSA) is 90.5 Å². The van der Waals surface area contributed by atoms with Gasteiger partial charge in [0.1, 0.15) is 22.9 Å². The van der Waals surface area contributed by atoms with Crippen molar-refractivity contribution < 1.29 is 30.0 Å². The first-order valence-corrected chi connectivity index (χ1v) is 17.4. The van der Waals surface area contributed by atoms with E-state index in [-0.39, 0.29) is 36.5 Å². The van der Waals surface area contributed by atoms with Crippen LogP contribution in [0.25, 0.3) is 56.0 Å². The number of hydrogen-bond donors (Lipinski definition) is 0. The molecule has 0 bridgehead atoms. The van der Waals surface area contributed by atoms with Crippen LogP contribution in [0.1, 0.15) is 102 Å². The second-order valence-corrected chi connectivity index (χ2v) is 15.0. The van der Waals surface area contributed by atoms with E-state index in [0.717, 1.165) is 76.3 Å². The number of rotatable bonds is 4. The number of fused-ring (bicyclic) bond motifs is 3. The molecule has 5 aromatic heterocycles. The third-order valence-corrected chi connectivity index (χ3v) is 8.83. The molecule has 8 rings (SSSR count). The average Bonchev–Trinajstić information content (AvgIpc) is 3.78. The third-order valence-electron chi connectivity index (χ3n) is 8.83. The zero-order valence-electron chi connectivity index (χ0n) is 34.3. The number of benzene rings is 2. The molecule has 5 heterocycles. The summed E-state index contributed by atoms with van der Waals surface area (Å²) in [6, 6.07) is 28.8. The van der Waals surface area contributed by atoms with Crippen LogP contribution in [0.15, 0.2) is 89.6 Å².